The molecule has 2 aromatic rings. The number of benzene rings is 1. The number of nitrogens with zero attached hydrogens (tertiary/aromatic N) is 3. The fraction of sp³-hybridized carbons (Fsp3) is 0.0769. The molecular formula is C13H11BClN3O. The van der Waals surface area contributed by atoms with Crippen molar-refractivity contribution in [2.24, 2.45) is 5.10 Å². The number of hydrogen-bond acceptors (Lipinski definition) is 4. The first-order chi connectivity index (χ1) is 9.16. The van der Waals surface area contributed by atoms with Gasteiger partial charge in [0.05, 0.1) is 6.21 Å². The summed E-state index contributed by atoms with van der Waals surface area (Å²) in [6.07, 6.45) is 3.27. The van der Waals surface area contributed by atoms with E-state index in [0.717, 1.165) is 16.8 Å². The molecule has 0 aliphatic carbocycles. The van der Waals surface area contributed by atoms with Crippen molar-refractivity contribution in [2.45, 2.75) is 6.92 Å². The normalized spacial score (nSPS) is 13.6. The van der Waals surface area contributed by atoms with Crippen LogP contribution in [0.1, 0.15) is 11.1 Å². The first-order valence-electron chi connectivity index (χ1n) is 5.89. The number of hydrogen-bond donors (Lipinski definition) is 1. The Morgan fingerprint density at radius 3 is 2.68 bits per heavy atom. The summed E-state index contributed by atoms with van der Waals surface area (Å²) < 4.78 is 0. The number of rotatable bonds is 1. The van der Waals surface area contributed by atoms with Gasteiger partial charge >= 0.3 is 7.05 Å². The van der Waals surface area contributed by atoms with Crippen molar-refractivity contribution in [3.05, 3.63) is 52.8 Å². The molecule has 3 rings (SSSR count). The first-order valence-corrected chi connectivity index (χ1v) is 6.27. The number of fused-ring (bicyclic) bond motifs is 1. The van der Waals surface area contributed by atoms with Gasteiger partial charge < -0.3 is 5.02 Å². The molecule has 0 bridgehead atoms. The summed E-state index contributed by atoms with van der Waals surface area (Å²) in [5.74, 6) is 0. The van der Waals surface area contributed by atoms with Gasteiger partial charge in [-0.3, -0.25) is 4.92 Å². The lowest BCUT2D eigenvalue weighted by atomic mass is 9.70. The maximum atomic E-state index is 10.4. The van der Waals surface area contributed by atoms with Crippen LogP contribution in [0, 0.1) is 6.92 Å². The van der Waals surface area contributed by atoms with Crippen LogP contribution in [0.25, 0.3) is 0 Å². The Labute approximate surface area is 116 Å². The summed E-state index contributed by atoms with van der Waals surface area (Å²) in [5.41, 5.74) is 3.33. The van der Waals surface area contributed by atoms with E-state index in [1.807, 2.05) is 31.2 Å². The molecule has 1 aromatic heterocycles. The van der Waals surface area contributed by atoms with Crippen LogP contribution in [0.2, 0.25) is 5.15 Å². The predicted molar refractivity (Wildman–Crippen MR) is 78.1 cm³/mol. The molecule has 0 unspecified atom stereocenters. The van der Waals surface area contributed by atoms with E-state index in [1.165, 1.54) is 4.92 Å². The molecule has 0 amide bonds. The number of pyridine rings is 1. The molecule has 19 heavy (non-hydrogen) atoms. The van der Waals surface area contributed by atoms with Crippen molar-refractivity contribution >= 4 is 36.0 Å². The van der Waals surface area contributed by atoms with Gasteiger partial charge in [-0.2, -0.15) is 5.10 Å². The van der Waals surface area contributed by atoms with Crippen molar-refractivity contribution in [3.63, 3.8) is 0 Å². The molecule has 1 N–H and O–H groups in total. The average molecular weight is 272 g/mol. The molecule has 1 aromatic carbocycles. The molecule has 0 saturated carbocycles. The monoisotopic (exact) mass is 271 g/mol. The fourth-order valence-electron chi connectivity index (χ4n) is 2.04. The maximum absolute atomic E-state index is 10.4. The van der Waals surface area contributed by atoms with Gasteiger partial charge in [-0.15, -0.1) is 0 Å². The van der Waals surface area contributed by atoms with Gasteiger partial charge in [0.2, 0.25) is 0 Å². The summed E-state index contributed by atoms with van der Waals surface area (Å²) in [4.78, 5) is 5.53. The van der Waals surface area contributed by atoms with E-state index in [0.29, 0.717) is 10.6 Å². The molecule has 6 heteroatoms. The second-order valence-electron chi connectivity index (χ2n) is 4.40. The molecule has 0 radical (unpaired) electrons. The van der Waals surface area contributed by atoms with E-state index < -0.39 is 7.05 Å². The van der Waals surface area contributed by atoms with Crippen LogP contribution in [-0.2, 0) is 0 Å². The summed E-state index contributed by atoms with van der Waals surface area (Å²) in [7, 11) is -0.927. The zero-order valence-corrected chi connectivity index (χ0v) is 11.0. The second-order valence-corrected chi connectivity index (χ2v) is 4.76. The van der Waals surface area contributed by atoms with Gasteiger partial charge in [-0.05, 0) is 30.7 Å². The van der Waals surface area contributed by atoms with E-state index in [9.17, 15) is 5.02 Å². The van der Waals surface area contributed by atoms with E-state index in [4.69, 9.17) is 11.6 Å². The Morgan fingerprint density at radius 2 is 1.95 bits per heavy atom. The van der Waals surface area contributed by atoms with Crippen LogP contribution < -0.4 is 10.4 Å². The largest absolute Gasteiger partial charge is 0.474 e. The smallest absolute Gasteiger partial charge is 0.427 e. The molecule has 0 atom stereocenters. The van der Waals surface area contributed by atoms with Gasteiger partial charge in [0, 0.05) is 17.3 Å². The van der Waals surface area contributed by atoms with Gasteiger partial charge in [-0.1, -0.05) is 29.3 Å². The number of hydrazone groups is 1. The molecule has 94 valence electrons. The van der Waals surface area contributed by atoms with Crippen molar-refractivity contribution in [1.29, 1.82) is 0 Å². The van der Waals surface area contributed by atoms with Crippen LogP contribution in [0.4, 0.5) is 5.69 Å². The minimum atomic E-state index is -0.927. The Kier molecular flexibility index (Phi) is 3.01. The molecule has 4 nitrogen and oxygen atoms in total. The van der Waals surface area contributed by atoms with Crippen molar-refractivity contribution < 1.29 is 5.02 Å². The summed E-state index contributed by atoms with van der Waals surface area (Å²) in [6, 6.07) is 9.53. The van der Waals surface area contributed by atoms with E-state index >= 15 is 0 Å². The van der Waals surface area contributed by atoms with Crippen LogP contribution in [-0.4, -0.2) is 23.3 Å². The molecule has 0 spiro atoms. The molecule has 1 aliphatic heterocycles. The lowest BCUT2D eigenvalue weighted by Crippen LogP contribution is -2.51. The van der Waals surface area contributed by atoms with Crippen molar-refractivity contribution in [3.8, 4) is 0 Å². The quantitative estimate of drug-likeness (QED) is 0.633. The Hall–Kier alpha value is -1.85. The van der Waals surface area contributed by atoms with Crippen LogP contribution in [0.3, 0.4) is 0 Å². The lowest BCUT2D eigenvalue weighted by molar-refractivity contribution is 0.578. The minimum Gasteiger partial charge on any atom is -0.427 e. The number of aromatic nitrogens is 1. The zero-order chi connectivity index (χ0) is 13.4. The minimum absolute atomic E-state index is 0.299. The average Bonchev–Trinajstić information content (AvgIpc) is 2.40. The van der Waals surface area contributed by atoms with Crippen molar-refractivity contribution in [2.75, 3.05) is 4.92 Å². The lowest BCUT2D eigenvalue weighted by Gasteiger charge is -2.26. The molecule has 1 aliphatic rings. The maximum Gasteiger partial charge on any atom is 0.474 e. The number of halogens is 1. The predicted octanol–water partition coefficient (Wildman–Crippen LogP) is 1.59. The molecule has 2 heterocycles. The standard InChI is InChI=1S/C13H11BClN3O/c1-9-2-4-11(5-3-9)18-14(19)12-10(8-17-18)6-7-16-13(12)15/h2-8,19H,1H3. The van der Waals surface area contributed by atoms with E-state index in [-0.39, 0.29) is 0 Å². The topological polar surface area (TPSA) is 48.7 Å². The van der Waals surface area contributed by atoms with Gasteiger partial charge in [0.25, 0.3) is 0 Å². The highest BCUT2D eigenvalue weighted by atomic mass is 35.5. The van der Waals surface area contributed by atoms with E-state index in [1.54, 1.807) is 18.5 Å². The van der Waals surface area contributed by atoms with E-state index in [2.05, 4.69) is 10.1 Å². The van der Waals surface area contributed by atoms with Crippen molar-refractivity contribution in [1.82, 2.24) is 4.98 Å². The summed E-state index contributed by atoms with van der Waals surface area (Å²) in [6.45, 7) is 2.01. The second kappa shape index (κ2) is 4.68. The highest BCUT2D eigenvalue weighted by Gasteiger charge is 2.32. The highest BCUT2D eigenvalue weighted by Crippen LogP contribution is 2.20. The first kappa shape index (κ1) is 12.2. The third-order valence-electron chi connectivity index (χ3n) is 3.08. The van der Waals surface area contributed by atoms with Crippen LogP contribution in [0.15, 0.2) is 41.6 Å². The van der Waals surface area contributed by atoms with Gasteiger partial charge in [0.15, 0.2) is 0 Å². The van der Waals surface area contributed by atoms with Gasteiger partial charge in [0.1, 0.15) is 5.15 Å². The number of anilines is 1. The molecular weight excluding hydrogens is 260 g/mol. The summed E-state index contributed by atoms with van der Waals surface area (Å²) >= 11 is 6.06. The fourth-order valence-corrected chi connectivity index (χ4v) is 2.31. The number of aryl methyl sites for hydroxylation is 1. The van der Waals surface area contributed by atoms with Gasteiger partial charge in [-0.25, -0.2) is 4.98 Å². The molecule has 0 saturated heterocycles. The highest BCUT2D eigenvalue weighted by molar-refractivity contribution is 6.74. The SMILES string of the molecule is Cc1ccc(N2N=Cc3ccnc(Cl)c3B2O)cc1. The third-order valence-corrected chi connectivity index (χ3v) is 3.39. The Balaban J connectivity index is 2.04. The Morgan fingerprint density at radius 1 is 1.21 bits per heavy atom. The summed E-state index contributed by atoms with van der Waals surface area (Å²) in [5, 5.41) is 15.0. The Bertz CT molecular complexity index is 645. The zero-order valence-electron chi connectivity index (χ0n) is 10.3. The third kappa shape index (κ3) is 2.11. The molecule has 0 fully saturated rings. The van der Waals surface area contributed by atoms with Crippen LogP contribution >= 0.6 is 11.6 Å². The van der Waals surface area contributed by atoms with Crippen LogP contribution in [0.5, 0.6) is 0 Å².